The van der Waals surface area contributed by atoms with E-state index in [2.05, 4.69) is 26.6 Å². The number of hydrogen-bond acceptors (Lipinski definition) is 2. The number of hydrogen-bond donors (Lipinski definition) is 2. The van der Waals surface area contributed by atoms with Gasteiger partial charge in [-0.15, -0.1) is 0 Å². The Morgan fingerprint density at radius 1 is 1.24 bits per heavy atom. The highest BCUT2D eigenvalue weighted by Gasteiger charge is 2.09. The molecule has 0 aromatic heterocycles. The summed E-state index contributed by atoms with van der Waals surface area (Å²) in [6.45, 7) is 2.08. The van der Waals surface area contributed by atoms with Crippen LogP contribution in [0.25, 0.3) is 0 Å². The number of carbonyl (C=O) groups is 1. The summed E-state index contributed by atoms with van der Waals surface area (Å²) in [5.74, 6) is -0.715. The number of amides is 1. The Morgan fingerprint density at radius 2 is 2.00 bits per heavy atom. The average molecular weight is 351 g/mol. The van der Waals surface area contributed by atoms with Crippen LogP contribution in [0.1, 0.15) is 18.5 Å². The van der Waals surface area contributed by atoms with Gasteiger partial charge < -0.3 is 10.6 Å². The second-order valence-corrected chi connectivity index (χ2v) is 5.60. The molecule has 0 bridgehead atoms. The van der Waals surface area contributed by atoms with Crippen LogP contribution in [0.15, 0.2) is 53.0 Å². The van der Waals surface area contributed by atoms with Crippen molar-refractivity contribution in [3.05, 3.63) is 64.4 Å². The van der Waals surface area contributed by atoms with Crippen LogP contribution in [0, 0.1) is 5.82 Å². The maximum absolute atomic E-state index is 13.4. The Labute approximate surface area is 131 Å². The topological polar surface area (TPSA) is 41.1 Å². The van der Waals surface area contributed by atoms with Gasteiger partial charge in [-0.3, -0.25) is 4.79 Å². The molecule has 0 spiro atoms. The van der Waals surface area contributed by atoms with Crippen LogP contribution in [0.3, 0.4) is 0 Å². The number of anilines is 1. The number of rotatable bonds is 5. The van der Waals surface area contributed by atoms with E-state index in [4.69, 9.17) is 0 Å². The van der Waals surface area contributed by atoms with Crippen LogP contribution in [0.4, 0.5) is 10.1 Å². The molecular weight excluding hydrogens is 335 g/mol. The lowest BCUT2D eigenvalue weighted by molar-refractivity contribution is -0.115. The second-order valence-electron chi connectivity index (χ2n) is 4.69. The molecule has 0 saturated carbocycles. The number of benzene rings is 2. The quantitative estimate of drug-likeness (QED) is 0.859. The van der Waals surface area contributed by atoms with Crippen molar-refractivity contribution in [2.75, 3.05) is 11.9 Å². The van der Waals surface area contributed by atoms with Gasteiger partial charge in [0.2, 0.25) is 5.91 Å². The highest BCUT2D eigenvalue weighted by atomic mass is 79.9. The summed E-state index contributed by atoms with van der Waals surface area (Å²) in [6.07, 6.45) is 0. The Kier molecular flexibility index (Phi) is 5.47. The van der Waals surface area contributed by atoms with Crippen LogP contribution >= 0.6 is 15.9 Å². The molecule has 0 aliphatic rings. The summed E-state index contributed by atoms with van der Waals surface area (Å²) in [7, 11) is 0. The Hall–Kier alpha value is -1.72. The van der Waals surface area contributed by atoms with Crippen molar-refractivity contribution in [3.8, 4) is 0 Å². The fourth-order valence-corrected chi connectivity index (χ4v) is 2.31. The van der Waals surface area contributed by atoms with Gasteiger partial charge in [0.05, 0.1) is 12.2 Å². The monoisotopic (exact) mass is 350 g/mol. The number of halogens is 2. The van der Waals surface area contributed by atoms with Crippen LogP contribution in [-0.2, 0) is 4.79 Å². The molecule has 2 aromatic carbocycles. The van der Waals surface area contributed by atoms with E-state index < -0.39 is 5.82 Å². The second kappa shape index (κ2) is 7.33. The van der Waals surface area contributed by atoms with E-state index in [0.29, 0.717) is 0 Å². The third-order valence-corrected chi connectivity index (χ3v) is 3.56. The SMILES string of the molecule is C[C@H](NCC(=O)Nc1ccccc1F)c1cccc(Br)c1. The van der Waals surface area contributed by atoms with Gasteiger partial charge in [-0.25, -0.2) is 4.39 Å². The Morgan fingerprint density at radius 3 is 2.71 bits per heavy atom. The molecule has 1 amide bonds. The summed E-state index contributed by atoms with van der Waals surface area (Å²) >= 11 is 3.41. The van der Waals surface area contributed by atoms with Gasteiger partial charge in [0, 0.05) is 10.5 Å². The van der Waals surface area contributed by atoms with Gasteiger partial charge in [-0.1, -0.05) is 40.2 Å². The minimum Gasteiger partial charge on any atom is -0.322 e. The molecule has 3 nitrogen and oxygen atoms in total. The molecule has 0 saturated heterocycles. The van der Waals surface area contributed by atoms with Crippen LogP contribution in [-0.4, -0.2) is 12.5 Å². The lowest BCUT2D eigenvalue weighted by atomic mass is 10.1. The van der Waals surface area contributed by atoms with Crippen molar-refractivity contribution < 1.29 is 9.18 Å². The summed E-state index contributed by atoms with van der Waals surface area (Å²) in [4.78, 5) is 11.8. The first kappa shape index (κ1) is 15.7. The number of carbonyl (C=O) groups excluding carboxylic acids is 1. The first-order valence-electron chi connectivity index (χ1n) is 6.59. The summed E-state index contributed by atoms with van der Waals surface area (Å²) < 4.78 is 14.4. The van der Waals surface area contributed by atoms with E-state index >= 15 is 0 Å². The Bertz CT molecular complexity index is 633. The zero-order valence-electron chi connectivity index (χ0n) is 11.6. The molecule has 2 N–H and O–H groups in total. The minimum atomic E-state index is -0.439. The van der Waals surface area contributed by atoms with E-state index in [1.807, 2.05) is 31.2 Å². The van der Waals surface area contributed by atoms with Gasteiger partial charge in [-0.05, 0) is 36.8 Å². The van der Waals surface area contributed by atoms with Crippen molar-refractivity contribution in [3.63, 3.8) is 0 Å². The minimum absolute atomic E-state index is 0.0221. The van der Waals surface area contributed by atoms with Gasteiger partial charge in [-0.2, -0.15) is 0 Å². The predicted molar refractivity (Wildman–Crippen MR) is 85.6 cm³/mol. The van der Waals surface area contributed by atoms with Crippen LogP contribution in [0.5, 0.6) is 0 Å². The molecule has 0 unspecified atom stereocenters. The van der Waals surface area contributed by atoms with Gasteiger partial charge >= 0.3 is 0 Å². The standard InChI is InChI=1S/C16H16BrFN2O/c1-11(12-5-4-6-13(17)9-12)19-10-16(21)20-15-8-3-2-7-14(15)18/h2-9,11,19H,10H2,1H3,(H,20,21)/t11-/m0/s1. The molecule has 21 heavy (non-hydrogen) atoms. The molecule has 1 atom stereocenters. The fourth-order valence-electron chi connectivity index (χ4n) is 1.90. The predicted octanol–water partition coefficient (Wildman–Crippen LogP) is 3.88. The molecule has 5 heteroatoms. The number of para-hydroxylation sites is 1. The molecule has 0 aliphatic heterocycles. The van der Waals surface area contributed by atoms with Crippen molar-refractivity contribution >= 4 is 27.5 Å². The highest BCUT2D eigenvalue weighted by Crippen LogP contribution is 2.17. The maximum atomic E-state index is 13.4. The van der Waals surface area contributed by atoms with Crippen LogP contribution in [0.2, 0.25) is 0 Å². The van der Waals surface area contributed by atoms with E-state index in [0.717, 1.165) is 10.0 Å². The molecule has 110 valence electrons. The smallest absolute Gasteiger partial charge is 0.238 e. The highest BCUT2D eigenvalue weighted by molar-refractivity contribution is 9.10. The first-order chi connectivity index (χ1) is 10.1. The molecule has 0 aliphatic carbocycles. The average Bonchev–Trinajstić information content (AvgIpc) is 2.47. The lowest BCUT2D eigenvalue weighted by Gasteiger charge is -2.14. The maximum Gasteiger partial charge on any atom is 0.238 e. The van der Waals surface area contributed by atoms with E-state index in [1.54, 1.807) is 12.1 Å². The van der Waals surface area contributed by atoms with E-state index in [9.17, 15) is 9.18 Å². The molecule has 2 aromatic rings. The summed E-state index contributed by atoms with van der Waals surface area (Å²) in [5, 5.41) is 5.65. The summed E-state index contributed by atoms with van der Waals surface area (Å²) in [5.41, 5.74) is 1.27. The van der Waals surface area contributed by atoms with Crippen molar-refractivity contribution in [2.24, 2.45) is 0 Å². The lowest BCUT2D eigenvalue weighted by Crippen LogP contribution is -2.30. The van der Waals surface area contributed by atoms with Gasteiger partial charge in [0.25, 0.3) is 0 Å². The third-order valence-electron chi connectivity index (χ3n) is 3.07. The van der Waals surface area contributed by atoms with E-state index in [1.165, 1.54) is 12.1 Å². The zero-order valence-corrected chi connectivity index (χ0v) is 13.2. The molecule has 0 fully saturated rings. The normalized spacial score (nSPS) is 12.0. The van der Waals surface area contributed by atoms with Crippen molar-refractivity contribution in [1.82, 2.24) is 5.32 Å². The number of nitrogens with one attached hydrogen (secondary N) is 2. The van der Waals surface area contributed by atoms with Crippen molar-refractivity contribution in [2.45, 2.75) is 13.0 Å². The summed E-state index contributed by atoms with van der Waals surface area (Å²) in [6, 6.07) is 14.0. The molecule has 0 heterocycles. The zero-order chi connectivity index (χ0) is 15.2. The molecular formula is C16H16BrFN2O. The molecule has 0 radical (unpaired) electrons. The van der Waals surface area contributed by atoms with Gasteiger partial charge in [0.15, 0.2) is 0 Å². The largest absolute Gasteiger partial charge is 0.322 e. The van der Waals surface area contributed by atoms with Crippen LogP contribution < -0.4 is 10.6 Å². The first-order valence-corrected chi connectivity index (χ1v) is 7.39. The van der Waals surface area contributed by atoms with E-state index in [-0.39, 0.29) is 24.2 Å². The molecule has 2 rings (SSSR count). The van der Waals surface area contributed by atoms with Crippen molar-refractivity contribution in [1.29, 1.82) is 0 Å². The fraction of sp³-hybridized carbons (Fsp3) is 0.188. The van der Waals surface area contributed by atoms with Gasteiger partial charge in [0.1, 0.15) is 5.82 Å². The Balaban J connectivity index is 1.88. The third kappa shape index (κ3) is 4.65.